The first-order valence-corrected chi connectivity index (χ1v) is 12.9. The normalized spacial score (nSPS) is 38.8. The van der Waals surface area contributed by atoms with Gasteiger partial charge in [0.25, 0.3) is 0 Å². The highest BCUT2D eigenvalue weighted by Gasteiger charge is 2.67. The molecule has 8 atom stereocenters. The maximum absolute atomic E-state index is 14.2. The molecule has 0 saturated carbocycles. The quantitative estimate of drug-likeness (QED) is 0.428. The number of rotatable bonds is 3. The number of nitrogens with one attached hydrogen (secondary N) is 1. The van der Waals surface area contributed by atoms with E-state index in [1.165, 1.54) is 26.0 Å². The molecule has 2 aliphatic carbocycles. The molecule has 0 radical (unpaired) electrons. The zero-order valence-corrected chi connectivity index (χ0v) is 22.1. The average molecular weight is 508 g/mol. The lowest BCUT2D eigenvalue weighted by atomic mass is 9.54. The molecule has 7 heteroatoms. The number of esters is 1. The highest BCUT2D eigenvalue weighted by Crippen LogP contribution is 2.57. The Hall–Kier alpha value is -3.03. The van der Waals surface area contributed by atoms with Crippen molar-refractivity contribution < 1.29 is 29.3 Å². The summed E-state index contributed by atoms with van der Waals surface area (Å²) in [5, 5.41) is 25.7. The molecule has 1 aromatic carbocycles. The molecular formula is C30H37NO6. The molecule has 0 aromatic heterocycles. The fraction of sp³-hybridized carbons (Fsp3) is 0.500. The number of hydrogen-bond acceptors (Lipinski definition) is 6. The van der Waals surface area contributed by atoms with E-state index in [4.69, 9.17) is 4.74 Å². The van der Waals surface area contributed by atoms with Gasteiger partial charge >= 0.3 is 5.97 Å². The predicted octanol–water partition coefficient (Wildman–Crippen LogP) is 3.06. The van der Waals surface area contributed by atoms with E-state index in [0.29, 0.717) is 12.8 Å². The third kappa shape index (κ3) is 4.59. The number of amides is 1. The fourth-order valence-electron chi connectivity index (χ4n) is 6.54. The number of allylic oxidation sites excluding steroid dienone is 1. The Morgan fingerprint density at radius 1 is 1.14 bits per heavy atom. The predicted molar refractivity (Wildman–Crippen MR) is 139 cm³/mol. The third-order valence-electron chi connectivity index (χ3n) is 8.49. The van der Waals surface area contributed by atoms with Gasteiger partial charge in [-0.1, -0.05) is 55.0 Å². The molecule has 3 N–H and O–H groups in total. The summed E-state index contributed by atoms with van der Waals surface area (Å²) in [6, 6.07) is 9.52. The van der Waals surface area contributed by atoms with Crippen LogP contribution in [0.25, 0.3) is 0 Å². The van der Waals surface area contributed by atoms with Gasteiger partial charge in [-0.25, -0.2) is 0 Å². The van der Waals surface area contributed by atoms with Crippen molar-refractivity contribution in [3.8, 4) is 0 Å². The summed E-state index contributed by atoms with van der Waals surface area (Å²) in [6.07, 6.45) is 5.17. The largest absolute Gasteiger partial charge is 0.457 e. The van der Waals surface area contributed by atoms with Gasteiger partial charge < -0.3 is 20.3 Å². The standard InChI is InChI=1S/C30H37NO6/c1-17-10-9-13-22-26(33)19(3)18(2)25-23(16-21-11-7-6-8-12-21)31-28(35)30(22,25)24(37-20(4)32)14-15-29(5,36)27(17)34/h6-9,11-15,17,22-26,33,36H,10,16H2,1-5H3,(H,31,35)/b13-9-,15-14?/t17-,22-,23?,24+,25-,26+,29+,30+/m0/s1. The van der Waals surface area contributed by atoms with Gasteiger partial charge in [-0.15, -0.1) is 0 Å². The number of ketones is 1. The van der Waals surface area contributed by atoms with Crippen LogP contribution < -0.4 is 5.32 Å². The molecule has 1 aliphatic heterocycles. The van der Waals surface area contributed by atoms with E-state index in [1.54, 1.807) is 19.1 Å². The van der Waals surface area contributed by atoms with Crippen LogP contribution >= 0.6 is 0 Å². The topological polar surface area (TPSA) is 113 Å². The van der Waals surface area contributed by atoms with Gasteiger partial charge in [0.2, 0.25) is 5.91 Å². The lowest BCUT2D eigenvalue weighted by Crippen LogP contribution is -2.58. The Balaban J connectivity index is 1.96. The van der Waals surface area contributed by atoms with E-state index >= 15 is 0 Å². The van der Waals surface area contributed by atoms with E-state index in [-0.39, 0.29) is 17.7 Å². The van der Waals surface area contributed by atoms with Gasteiger partial charge in [-0.2, -0.15) is 0 Å². The van der Waals surface area contributed by atoms with Gasteiger partial charge in [0.15, 0.2) is 5.78 Å². The van der Waals surface area contributed by atoms with Crippen molar-refractivity contribution in [3.05, 3.63) is 71.3 Å². The van der Waals surface area contributed by atoms with Crippen molar-refractivity contribution in [2.45, 2.75) is 71.3 Å². The number of hydrogen-bond donors (Lipinski definition) is 3. The molecule has 1 amide bonds. The minimum absolute atomic E-state index is 0.314. The molecule has 0 bridgehead atoms. The van der Waals surface area contributed by atoms with Crippen molar-refractivity contribution >= 4 is 17.7 Å². The van der Waals surface area contributed by atoms with E-state index in [2.05, 4.69) is 5.32 Å². The van der Waals surface area contributed by atoms with E-state index in [9.17, 15) is 24.6 Å². The minimum Gasteiger partial charge on any atom is -0.457 e. The number of Topliss-reactive ketones (excluding diaryl/α,β-unsaturated/α-hetero) is 1. The van der Waals surface area contributed by atoms with Crippen LogP contribution in [0.1, 0.15) is 46.6 Å². The number of ether oxygens (including phenoxy) is 1. The molecular weight excluding hydrogens is 470 g/mol. The molecule has 7 nitrogen and oxygen atoms in total. The zero-order valence-electron chi connectivity index (χ0n) is 22.1. The molecule has 1 fully saturated rings. The number of carbonyl (C=O) groups excluding carboxylic acids is 3. The second kappa shape index (κ2) is 10.0. The Bertz CT molecular complexity index is 1170. The molecule has 198 valence electrons. The molecule has 4 rings (SSSR count). The van der Waals surface area contributed by atoms with Crippen molar-refractivity contribution in [3.63, 3.8) is 0 Å². The third-order valence-corrected chi connectivity index (χ3v) is 8.49. The van der Waals surface area contributed by atoms with Crippen LogP contribution in [0.3, 0.4) is 0 Å². The second-order valence-corrected chi connectivity index (χ2v) is 11.0. The van der Waals surface area contributed by atoms with Crippen LogP contribution in [0.4, 0.5) is 0 Å². The Morgan fingerprint density at radius 3 is 2.46 bits per heavy atom. The Labute approximate surface area is 218 Å². The maximum atomic E-state index is 14.2. The first kappa shape index (κ1) is 27.0. The van der Waals surface area contributed by atoms with Gasteiger partial charge in [-0.3, -0.25) is 14.4 Å². The van der Waals surface area contributed by atoms with Crippen LogP contribution in [0.5, 0.6) is 0 Å². The average Bonchev–Trinajstić information content (AvgIpc) is 3.13. The van der Waals surface area contributed by atoms with Gasteiger partial charge in [0.05, 0.1) is 6.10 Å². The van der Waals surface area contributed by atoms with Crippen molar-refractivity contribution in [2.75, 3.05) is 0 Å². The molecule has 1 heterocycles. The highest BCUT2D eigenvalue weighted by atomic mass is 16.5. The molecule has 1 unspecified atom stereocenters. The van der Waals surface area contributed by atoms with Crippen molar-refractivity contribution in [1.29, 1.82) is 0 Å². The van der Waals surface area contributed by atoms with Crippen molar-refractivity contribution in [1.82, 2.24) is 5.32 Å². The number of aliphatic hydroxyl groups excluding tert-OH is 1. The lowest BCUT2D eigenvalue weighted by molar-refractivity contribution is -0.161. The lowest BCUT2D eigenvalue weighted by Gasteiger charge is -2.49. The summed E-state index contributed by atoms with van der Waals surface area (Å²) in [7, 11) is 0. The summed E-state index contributed by atoms with van der Waals surface area (Å²) < 4.78 is 5.82. The van der Waals surface area contributed by atoms with Crippen LogP contribution in [-0.4, -0.2) is 51.7 Å². The second-order valence-electron chi connectivity index (χ2n) is 11.0. The minimum atomic E-state index is -1.82. The van der Waals surface area contributed by atoms with Crippen LogP contribution in [0.15, 0.2) is 65.8 Å². The van der Waals surface area contributed by atoms with E-state index in [0.717, 1.165) is 16.7 Å². The number of carbonyl (C=O) groups is 3. The highest BCUT2D eigenvalue weighted by molar-refractivity contribution is 5.91. The SMILES string of the molecule is CC(=O)O[C@@H]1C=C[C@@](C)(O)C(=O)[C@@H](C)C/C=C\[C@H]2[C@H](O)C(C)=C(C)[C@H]3C(Cc4ccccc4)NC(=O)[C@]132. The first-order chi connectivity index (χ1) is 17.4. The Kier molecular flexibility index (Phi) is 7.32. The molecule has 1 aromatic rings. The number of aliphatic hydroxyl groups is 2. The number of benzene rings is 1. The summed E-state index contributed by atoms with van der Waals surface area (Å²) in [4.78, 5) is 39.5. The van der Waals surface area contributed by atoms with Crippen LogP contribution in [0, 0.1) is 23.2 Å². The van der Waals surface area contributed by atoms with Gasteiger partial charge in [0, 0.05) is 30.7 Å². The molecule has 37 heavy (non-hydrogen) atoms. The van der Waals surface area contributed by atoms with Crippen molar-refractivity contribution in [2.24, 2.45) is 23.2 Å². The Morgan fingerprint density at radius 2 is 1.81 bits per heavy atom. The maximum Gasteiger partial charge on any atom is 0.303 e. The first-order valence-electron chi connectivity index (χ1n) is 12.9. The summed E-state index contributed by atoms with van der Waals surface area (Å²) in [6.45, 7) is 8.20. The fourth-order valence-corrected chi connectivity index (χ4v) is 6.54. The summed E-state index contributed by atoms with van der Waals surface area (Å²) in [5.41, 5.74) is -0.500. The molecule has 1 saturated heterocycles. The monoisotopic (exact) mass is 507 g/mol. The van der Waals surface area contributed by atoms with E-state index in [1.807, 2.05) is 44.2 Å². The van der Waals surface area contributed by atoms with Crippen LogP contribution in [0.2, 0.25) is 0 Å². The summed E-state index contributed by atoms with van der Waals surface area (Å²) in [5.74, 6) is -2.92. The van der Waals surface area contributed by atoms with Gasteiger partial charge in [-0.05, 0) is 56.9 Å². The molecule has 3 aliphatic rings. The smallest absolute Gasteiger partial charge is 0.303 e. The summed E-state index contributed by atoms with van der Waals surface area (Å²) >= 11 is 0. The van der Waals surface area contributed by atoms with Crippen LogP contribution in [-0.2, 0) is 25.5 Å². The van der Waals surface area contributed by atoms with Gasteiger partial charge in [0.1, 0.15) is 17.1 Å². The molecule has 1 spiro atoms. The zero-order chi connectivity index (χ0) is 27.1. The van der Waals surface area contributed by atoms with E-state index < -0.39 is 46.9 Å².